The molecule has 1 atom stereocenters. The van der Waals surface area contributed by atoms with Crippen molar-refractivity contribution in [3.05, 3.63) is 11.6 Å². The zero-order valence-electron chi connectivity index (χ0n) is 6.65. The van der Waals surface area contributed by atoms with E-state index in [9.17, 15) is 9.59 Å². The lowest BCUT2D eigenvalue weighted by Crippen LogP contribution is -2.31. The summed E-state index contributed by atoms with van der Waals surface area (Å²) in [4.78, 5) is 20.6. The Balaban J connectivity index is 4.23. The van der Waals surface area contributed by atoms with E-state index in [2.05, 4.69) is 0 Å². The van der Waals surface area contributed by atoms with Crippen molar-refractivity contribution >= 4 is 11.9 Å². The van der Waals surface area contributed by atoms with E-state index >= 15 is 0 Å². The van der Waals surface area contributed by atoms with Gasteiger partial charge in [0.15, 0.2) is 0 Å². The molecule has 5 heteroatoms. The second-order valence-corrected chi connectivity index (χ2v) is 2.27. The highest BCUT2D eigenvalue weighted by Gasteiger charge is 2.16. The number of allylic oxidation sites excluding steroid dienone is 1. The van der Waals surface area contributed by atoms with Crippen LogP contribution in [0.5, 0.6) is 0 Å². The second kappa shape index (κ2) is 4.50. The van der Waals surface area contributed by atoms with Crippen LogP contribution in [-0.2, 0) is 9.59 Å². The molecule has 12 heavy (non-hydrogen) atoms. The van der Waals surface area contributed by atoms with Crippen LogP contribution in [0.1, 0.15) is 13.3 Å². The molecule has 0 bridgehead atoms. The lowest BCUT2D eigenvalue weighted by atomic mass is 10.1. The van der Waals surface area contributed by atoms with E-state index in [4.69, 9.17) is 15.9 Å². The van der Waals surface area contributed by atoms with E-state index in [1.165, 1.54) is 13.0 Å². The summed E-state index contributed by atoms with van der Waals surface area (Å²) in [5, 5.41) is 16.9. The summed E-state index contributed by atoms with van der Waals surface area (Å²) in [5.41, 5.74) is 5.15. The molecular weight excluding hydrogens is 162 g/mol. The van der Waals surface area contributed by atoms with E-state index < -0.39 is 18.0 Å². The van der Waals surface area contributed by atoms with Gasteiger partial charge >= 0.3 is 11.9 Å². The first-order chi connectivity index (χ1) is 5.49. The second-order valence-electron chi connectivity index (χ2n) is 2.27. The molecule has 68 valence electrons. The van der Waals surface area contributed by atoms with Crippen molar-refractivity contribution in [2.45, 2.75) is 19.4 Å². The summed E-state index contributed by atoms with van der Waals surface area (Å²) >= 11 is 0. The van der Waals surface area contributed by atoms with Crippen LogP contribution in [0, 0.1) is 0 Å². The smallest absolute Gasteiger partial charge is 0.331 e. The number of hydrogen-bond acceptors (Lipinski definition) is 3. The predicted octanol–water partition coefficient (Wildman–Crippen LogP) is -0.181. The first-order valence-corrected chi connectivity index (χ1v) is 3.36. The number of carbonyl (C=O) groups is 2. The summed E-state index contributed by atoms with van der Waals surface area (Å²) in [6.45, 7) is 1.53. The van der Waals surface area contributed by atoms with Crippen molar-refractivity contribution < 1.29 is 19.8 Å². The van der Waals surface area contributed by atoms with Crippen molar-refractivity contribution in [2.75, 3.05) is 0 Å². The Bertz CT molecular complexity index is 221. The van der Waals surface area contributed by atoms with Gasteiger partial charge in [-0.05, 0) is 6.92 Å². The molecule has 0 aromatic rings. The maximum Gasteiger partial charge on any atom is 0.331 e. The summed E-state index contributed by atoms with van der Waals surface area (Å²) in [5.74, 6) is -2.33. The Hall–Kier alpha value is -1.36. The minimum Gasteiger partial charge on any atom is -0.480 e. The molecule has 0 aromatic heterocycles. The fourth-order valence-corrected chi connectivity index (χ4v) is 0.653. The van der Waals surface area contributed by atoms with Crippen molar-refractivity contribution in [1.82, 2.24) is 0 Å². The van der Waals surface area contributed by atoms with Crippen molar-refractivity contribution in [3.8, 4) is 0 Å². The maximum atomic E-state index is 10.4. The molecule has 0 fully saturated rings. The van der Waals surface area contributed by atoms with Crippen LogP contribution in [0.25, 0.3) is 0 Å². The lowest BCUT2D eigenvalue weighted by Gasteiger charge is -2.05. The molecule has 0 spiro atoms. The lowest BCUT2D eigenvalue weighted by molar-refractivity contribution is -0.138. The number of nitrogens with two attached hydrogens (primary N) is 1. The fourth-order valence-electron chi connectivity index (χ4n) is 0.653. The Morgan fingerprint density at radius 2 is 2.00 bits per heavy atom. The Morgan fingerprint density at radius 3 is 2.25 bits per heavy atom. The van der Waals surface area contributed by atoms with Gasteiger partial charge in [0.1, 0.15) is 6.04 Å². The van der Waals surface area contributed by atoms with Crippen molar-refractivity contribution in [2.24, 2.45) is 5.73 Å². The summed E-state index contributed by atoms with van der Waals surface area (Å²) < 4.78 is 0. The Morgan fingerprint density at radius 1 is 1.50 bits per heavy atom. The molecule has 4 N–H and O–H groups in total. The third-order valence-corrected chi connectivity index (χ3v) is 1.38. The number of aliphatic carboxylic acids is 2. The quantitative estimate of drug-likeness (QED) is 0.512. The SMILES string of the molecule is C/C=C(/CC(N)C(=O)O)C(=O)O. The van der Waals surface area contributed by atoms with Crippen LogP contribution in [0.15, 0.2) is 11.6 Å². The third kappa shape index (κ3) is 3.16. The van der Waals surface area contributed by atoms with Crippen LogP contribution in [0.3, 0.4) is 0 Å². The van der Waals surface area contributed by atoms with E-state index in [0.717, 1.165) is 0 Å². The molecule has 0 amide bonds. The highest BCUT2D eigenvalue weighted by atomic mass is 16.4. The van der Waals surface area contributed by atoms with E-state index in [-0.39, 0.29) is 12.0 Å². The van der Waals surface area contributed by atoms with Crippen molar-refractivity contribution in [3.63, 3.8) is 0 Å². The average Bonchev–Trinajstić information content (AvgIpc) is 1.98. The maximum absolute atomic E-state index is 10.4. The molecule has 0 saturated carbocycles. The fraction of sp³-hybridized carbons (Fsp3) is 0.429. The molecule has 0 saturated heterocycles. The molecule has 0 aliphatic heterocycles. The molecular formula is C7H11NO4. The van der Waals surface area contributed by atoms with Gasteiger partial charge in [-0.1, -0.05) is 6.08 Å². The minimum atomic E-state index is -1.20. The van der Waals surface area contributed by atoms with Gasteiger partial charge in [-0.25, -0.2) is 4.79 Å². The average molecular weight is 173 g/mol. The minimum absolute atomic E-state index is 0.0184. The predicted molar refractivity (Wildman–Crippen MR) is 41.6 cm³/mol. The normalized spacial score (nSPS) is 14.0. The van der Waals surface area contributed by atoms with Gasteiger partial charge in [-0.3, -0.25) is 4.79 Å². The topological polar surface area (TPSA) is 101 Å². The van der Waals surface area contributed by atoms with Gasteiger partial charge in [0, 0.05) is 12.0 Å². The summed E-state index contributed by atoms with van der Waals surface area (Å²) in [7, 11) is 0. The molecule has 5 nitrogen and oxygen atoms in total. The highest BCUT2D eigenvalue weighted by Crippen LogP contribution is 2.04. The molecule has 0 aliphatic carbocycles. The Kier molecular flexibility index (Phi) is 3.99. The summed E-state index contributed by atoms with van der Waals surface area (Å²) in [6.07, 6.45) is 1.19. The molecule has 0 aliphatic rings. The van der Waals surface area contributed by atoms with Gasteiger partial charge in [0.2, 0.25) is 0 Å². The molecule has 0 rings (SSSR count). The van der Waals surface area contributed by atoms with E-state index in [0.29, 0.717) is 0 Å². The Labute approximate surface area is 69.5 Å². The summed E-state index contributed by atoms with van der Waals surface area (Å²) in [6, 6.07) is -1.15. The van der Waals surface area contributed by atoms with Crippen molar-refractivity contribution in [1.29, 1.82) is 0 Å². The van der Waals surface area contributed by atoms with Gasteiger partial charge in [0.25, 0.3) is 0 Å². The molecule has 0 aromatic carbocycles. The van der Waals surface area contributed by atoms with Crippen LogP contribution < -0.4 is 5.73 Å². The van der Waals surface area contributed by atoms with Crippen LogP contribution in [0.2, 0.25) is 0 Å². The van der Waals surface area contributed by atoms with Gasteiger partial charge in [-0.15, -0.1) is 0 Å². The van der Waals surface area contributed by atoms with E-state index in [1.807, 2.05) is 0 Å². The number of rotatable bonds is 4. The molecule has 0 heterocycles. The first kappa shape index (κ1) is 10.6. The zero-order chi connectivity index (χ0) is 9.72. The van der Waals surface area contributed by atoms with Gasteiger partial charge < -0.3 is 15.9 Å². The highest BCUT2D eigenvalue weighted by molar-refractivity contribution is 5.88. The van der Waals surface area contributed by atoms with Crippen LogP contribution >= 0.6 is 0 Å². The van der Waals surface area contributed by atoms with E-state index in [1.54, 1.807) is 0 Å². The number of carboxylic acid groups (broad SMARTS) is 2. The first-order valence-electron chi connectivity index (χ1n) is 3.36. The largest absolute Gasteiger partial charge is 0.480 e. The molecule has 1 unspecified atom stereocenters. The number of carboxylic acids is 2. The zero-order valence-corrected chi connectivity index (χ0v) is 6.65. The number of hydrogen-bond donors (Lipinski definition) is 3. The van der Waals surface area contributed by atoms with Crippen LogP contribution in [-0.4, -0.2) is 28.2 Å². The van der Waals surface area contributed by atoms with Crippen LogP contribution in [0.4, 0.5) is 0 Å². The van der Waals surface area contributed by atoms with Gasteiger partial charge in [0.05, 0.1) is 0 Å². The van der Waals surface area contributed by atoms with Gasteiger partial charge in [-0.2, -0.15) is 0 Å². The monoisotopic (exact) mass is 173 g/mol. The third-order valence-electron chi connectivity index (χ3n) is 1.38. The standard InChI is InChI=1S/C7H11NO4/c1-2-4(6(9)10)3-5(8)7(11)12/h2,5H,3,8H2,1H3,(H,9,10)(H,11,12)/b4-2-. The molecule has 0 radical (unpaired) electrons.